The minimum atomic E-state index is 0.745. The highest BCUT2D eigenvalue weighted by atomic mass is 15.6. The van der Waals surface area contributed by atoms with Crippen LogP contribution in [0, 0.1) is 11.8 Å². The Morgan fingerprint density at radius 3 is 1.44 bits per heavy atom. The maximum Gasteiger partial charge on any atom is 0.147 e. The summed E-state index contributed by atoms with van der Waals surface area (Å²) in [6.45, 7) is 18.7. The summed E-state index contributed by atoms with van der Waals surface area (Å²) < 4.78 is 0. The average Bonchev–Trinajstić information content (AvgIpc) is 2.27. The van der Waals surface area contributed by atoms with Crippen molar-refractivity contribution in [3.05, 3.63) is 0 Å². The molecule has 0 unspecified atom stereocenters. The molecule has 109 valence electrons. The minimum absolute atomic E-state index is 0.745. The molecule has 18 heavy (non-hydrogen) atoms. The van der Waals surface area contributed by atoms with Crippen LogP contribution in [-0.4, -0.2) is 31.2 Å². The molecule has 2 heteroatoms. The van der Waals surface area contributed by atoms with Crippen molar-refractivity contribution < 1.29 is 0 Å². The quantitative estimate of drug-likeness (QED) is 0.396. The molecule has 0 fully saturated rings. The first-order chi connectivity index (χ1) is 8.51. The Balaban J connectivity index is 4.47. The molecule has 0 aromatic carbocycles. The Labute approximate surface area is 116 Å². The molecule has 0 aromatic rings. The minimum Gasteiger partial charge on any atom is -0.106 e. The smallest absolute Gasteiger partial charge is 0.106 e. The van der Waals surface area contributed by atoms with Gasteiger partial charge in [-0.1, -0.05) is 59.4 Å². The molecule has 0 aliphatic carbocycles. The second-order valence-corrected chi connectivity index (χ2v) is 6.32. The van der Waals surface area contributed by atoms with Crippen molar-refractivity contribution in [2.45, 2.75) is 67.2 Å². The molecule has 0 rings (SSSR count). The lowest BCUT2D eigenvalue weighted by Crippen LogP contribution is -2.51. The van der Waals surface area contributed by atoms with Gasteiger partial charge in [-0.3, -0.25) is 0 Å². The van der Waals surface area contributed by atoms with E-state index in [0.29, 0.717) is 0 Å². The molecule has 0 aliphatic rings. The van der Waals surface area contributed by atoms with Gasteiger partial charge in [-0.2, -0.15) is 0 Å². The summed E-state index contributed by atoms with van der Waals surface area (Å²) in [7, 11) is 0. The summed E-state index contributed by atoms with van der Waals surface area (Å²) in [5, 5.41) is 5.23. The molecule has 1 radical (unpaired) electrons. The first-order valence-corrected chi connectivity index (χ1v) is 8.01. The zero-order valence-electron chi connectivity index (χ0n) is 13.7. The van der Waals surface area contributed by atoms with Crippen molar-refractivity contribution in [1.29, 1.82) is 0 Å². The highest BCUT2D eigenvalue weighted by molar-refractivity contribution is 4.68. The SMILES string of the molecule is CCCCN(CCCC)[N+](CC(C)C)CC(C)C. The average molecular weight is 256 g/mol. The number of rotatable bonds is 11. The molecule has 0 N–H and O–H groups in total. The third-order valence-corrected chi connectivity index (χ3v) is 3.09. The van der Waals surface area contributed by atoms with Gasteiger partial charge in [0.25, 0.3) is 0 Å². The van der Waals surface area contributed by atoms with Gasteiger partial charge in [0.05, 0.1) is 13.1 Å². The molecular weight excluding hydrogens is 220 g/mol. The van der Waals surface area contributed by atoms with E-state index in [4.69, 9.17) is 0 Å². The zero-order chi connectivity index (χ0) is 14.0. The maximum atomic E-state index is 2.62. The third-order valence-electron chi connectivity index (χ3n) is 3.09. The molecule has 0 amide bonds. The van der Waals surface area contributed by atoms with Crippen molar-refractivity contribution in [1.82, 2.24) is 10.0 Å². The molecule has 0 heterocycles. The number of hydrazine groups is 1. The van der Waals surface area contributed by atoms with E-state index in [0.717, 1.165) is 11.8 Å². The second-order valence-electron chi connectivity index (χ2n) is 6.32. The van der Waals surface area contributed by atoms with Crippen molar-refractivity contribution in [2.75, 3.05) is 26.2 Å². The van der Waals surface area contributed by atoms with Crippen LogP contribution < -0.4 is 5.01 Å². The fraction of sp³-hybridized carbons (Fsp3) is 1.00. The normalized spacial score (nSPS) is 12.3. The molecule has 2 nitrogen and oxygen atoms in total. The summed E-state index contributed by atoms with van der Waals surface area (Å²) in [6.07, 6.45) is 5.21. The Bertz CT molecular complexity index is 160. The molecule has 0 spiro atoms. The van der Waals surface area contributed by atoms with Crippen LogP contribution in [0.25, 0.3) is 0 Å². The summed E-state index contributed by atoms with van der Waals surface area (Å²) in [6, 6.07) is 0. The van der Waals surface area contributed by atoms with Gasteiger partial charge in [0.1, 0.15) is 13.1 Å². The fourth-order valence-corrected chi connectivity index (χ4v) is 2.22. The van der Waals surface area contributed by atoms with E-state index in [1.807, 2.05) is 0 Å². The van der Waals surface area contributed by atoms with Gasteiger partial charge in [0.2, 0.25) is 0 Å². The number of hydrogen-bond donors (Lipinski definition) is 0. The van der Waals surface area contributed by atoms with E-state index in [1.54, 1.807) is 0 Å². The molecule has 0 atom stereocenters. The fourth-order valence-electron chi connectivity index (χ4n) is 2.22. The predicted molar refractivity (Wildman–Crippen MR) is 82.9 cm³/mol. The van der Waals surface area contributed by atoms with Crippen LogP contribution >= 0.6 is 0 Å². The first kappa shape index (κ1) is 17.9. The van der Waals surface area contributed by atoms with Gasteiger partial charge in [0.15, 0.2) is 0 Å². The van der Waals surface area contributed by atoms with Gasteiger partial charge in [-0.15, -0.1) is 5.01 Å². The lowest BCUT2D eigenvalue weighted by atomic mass is 10.1. The number of hydrogen-bond acceptors (Lipinski definition) is 2. The van der Waals surface area contributed by atoms with Crippen LogP contribution in [-0.2, 0) is 0 Å². The van der Waals surface area contributed by atoms with Gasteiger partial charge < -0.3 is 0 Å². The highest BCUT2D eigenvalue weighted by Crippen LogP contribution is 2.08. The van der Waals surface area contributed by atoms with Gasteiger partial charge in [0, 0.05) is 11.8 Å². The Kier molecular flexibility index (Phi) is 10.8. The molecular formula is C16H36N2+. The Morgan fingerprint density at radius 2 is 1.17 bits per heavy atom. The van der Waals surface area contributed by atoms with Crippen LogP contribution in [0.5, 0.6) is 0 Å². The summed E-state index contributed by atoms with van der Waals surface area (Å²) in [5.74, 6) is 1.49. The van der Waals surface area contributed by atoms with Gasteiger partial charge in [-0.25, -0.2) is 0 Å². The van der Waals surface area contributed by atoms with E-state index in [1.165, 1.54) is 51.9 Å². The van der Waals surface area contributed by atoms with Crippen molar-refractivity contribution in [2.24, 2.45) is 11.8 Å². The molecule has 0 saturated carbocycles. The lowest BCUT2D eigenvalue weighted by Gasteiger charge is -2.27. The van der Waals surface area contributed by atoms with Gasteiger partial charge >= 0.3 is 0 Å². The van der Waals surface area contributed by atoms with Crippen LogP contribution in [0.2, 0.25) is 0 Å². The Morgan fingerprint density at radius 1 is 0.778 bits per heavy atom. The zero-order valence-corrected chi connectivity index (χ0v) is 13.7. The predicted octanol–water partition coefficient (Wildman–Crippen LogP) is 4.26. The van der Waals surface area contributed by atoms with E-state index in [2.05, 4.69) is 51.6 Å². The summed E-state index contributed by atoms with van der Waals surface area (Å²) >= 11 is 0. The third kappa shape index (κ3) is 8.93. The lowest BCUT2D eigenvalue weighted by molar-refractivity contribution is 0.0447. The number of unbranched alkanes of at least 4 members (excludes halogenated alkanes) is 2. The second kappa shape index (κ2) is 10.8. The van der Waals surface area contributed by atoms with Crippen LogP contribution in [0.4, 0.5) is 0 Å². The summed E-state index contributed by atoms with van der Waals surface area (Å²) in [5.41, 5.74) is 0. The highest BCUT2D eigenvalue weighted by Gasteiger charge is 2.26. The molecule has 0 bridgehead atoms. The van der Waals surface area contributed by atoms with E-state index in [-0.39, 0.29) is 0 Å². The molecule has 0 aliphatic heterocycles. The van der Waals surface area contributed by atoms with E-state index >= 15 is 0 Å². The first-order valence-electron chi connectivity index (χ1n) is 8.01. The van der Waals surface area contributed by atoms with Crippen LogP contribution in [0.3, 0.4) is 0 Å². The van der Waals surface area contributed by atoms with Gasteiger partial charge in [-0.05, 0) is 12.8 Å². The maximum absolute atomic E-state index is 2.62. The Hall–Kier alpha value is -0.0800. The number of nitrogens with zero attached hydrogens (tertiary/aromatic N) is 2. The molecule has 0 saturated heterocycles. The van der Waals surface area contributed by atoms with E-state index in [9.17, 15) is 0 Å². The molecule has 0 aromatic heterocycles. The van der Waals surface area contributed by atoms with Crippen molar-refractivity contribution >= 4 is 0 Å². The monoisotopic (exact) mass is 256 g/mol. The van der Waals surface area contributed by atoms with E-state index < -0.39 is 0 Å². The topological polar surface area (TPSA) is 9.14 Å². The van der Waals surface area contributed by atoms with Crippen LogP contribution in [0.1, 0.15) is 67.2 Å². The van der Waals surface area contributed by atoms with Crippen LogP contribution in [0.15, 0.2) is 0 Å². The largest absolute Gasteiger partial charge is 0.147 e. The van der Waals surface area contributed by atoms with Crippen molar-refractivity contribution in [3.8, 4) is 0 Å². The standard InChI is InChI=1S/C16H36N2/c1-7-9-11-17(12-10-8-2)18(13-15(3)4)14-16(5)6/h15-16H,7-14H2,1-6H3/q+1. The summed E-state index contributed by atoms with van der Waals surface area (Å²) in [4.78, 5) is 0. The van der Waals surface area contributed by atoms with Crippen molar-refractivity contribution in [3.63, 3.8) is 0 Å².